The number of benzene rings is 1. The van der Waals surface area contributed by atoms with E-state index < -0.39 is 33.9 Å². The lowest BCUT2D eigenvalue weighted by Crippen LogP contribution is -2.39. The molecule has 27 heavy (non-hydrogen) atoms. The summed E-state index contributed by atoms with van der Waals surface area (Å²) in [6.45, 7) is 3.01. The van der Waals surface area contributed by atoms with Crippen molar-refractivity contribution in [2.45, 2.75) is 31.1 Å². The minimum absolute atomic E-state index is 0.125. The van der Waals surface area contributed by atoms with Crippen LogP contribution in [0.25, 0.3) is 0 Å². The molecule has 0 N–H and O–H groups in total. The smallest absolute Gasteiger partial charge is 0.457 e. The highest BCUT2D eigenvalue weighted by molar-refractivity contribution is 7.85. The standard InChI is InChI=1S/C8H9F6N2.C7H8O3S/c1-4-15(2)5(7(9,10)11)6(16(4)3)8(12,13)14;1-6-2-4-7(5-3-6)11(8,9)10/h1-3H3;2-5H,1H3,(H,8,9,10)/q+1;/p-1. The minimum atomic E-state index is -5.04. The van der Waals surface area contributed by atoms with Gasteiger partial charge in [0.15, 0.2) is 0 Å². The van der Waals surface area contributed by atoms with Crippen LogP contribution < -0.4 is 4.57 Å². The number of alkyl halides is 6. The Morgan fingerprint density at radius 1 is 0.963 bits per heavy atom. The van der Waals surface area contributed by atoms with Gasteiger partial charge in [0.2, 0.25) is 0 Å². The van der Waals surface area contributed by atoms with Gasteiger partial charge < -0.3 is 4.55 Å². The predicted octanol–water partition coefficient (Wildman–Crippen LogP) is 3.09. The van der Waals surface area contributed by atoms with Crippen molar-refractivity contribution in [3.8, 4) is 0 Å². The minimum Gasteiger partial charge on any atom is -0.744 e. The summed E-state index contributed by atoms with van der Waals surface area (Å²) in [5.41, 5.74) is -2.43. The Morgan fingerprint density at radius 2 is 1.41 bits per heavy atom. The average molecular weight is 418 g/mol. The summed E-state index contributed by atoms with van der Waals surface area (Å²) in [6.07, 6.45) is -10.1. The molecule has 0 amide bonds. The van der Waals surface area contributed by atoms with E-state index in [4.69, 9.17) is 0 Å². The first-order valence-corrected chi connectivity index (χ1v) is 8.61. The number of aromatic nitrogens is 2. The third-order valence-corrected chi connectivity index (χ3v) is 4.56. The molecule has 2 rings (SSSR count). The molecule has 0 spiro atoms. The zero-order valence-corrected chi connectivity index (χ0v) is 15.4. The van der Waals surface area contributed by atoms with Gasteiger partial charge in [0, 0.05) is 6.92 Å². The molecule has 152 valence electrons. The first kappa shape index (κ1) is 23.0. The Morgan fingerprint density at radius 3 is 1.70 bits per heavy atom. The number of halogens is 6. The van der Waals surface area contributed by atoms with Gasteiger partial charge in [-0.15, -0.1) is 0 Å². The first-order valence-electron chi connectivity index (χ1n) is 7.20. The maximum atomic E-state index is 12.5. The van der Waals surface area contributed by atoms with Crippen LogP contribution in [0.5, 0.6) is 0 Å². The van der Waals surface area contributed by atoms with E-state index in [-0.39, 0.29) is 10.7 Å². The molecule has 1 aromatic heterocycles. The van der Waals surface area contributed by atoms with Crippen molar-refractivity contribution in [1.29, 1.82) is 0 Å². The van der Waals surface area contributed by atoms with E-state index in [9.17, 15) is 39.3 Å². The van der Waals surface area contributed by atoms with E-state index in [0.717, 1.165) is 19.7 Å². The van der Waals surface area contributed by atoms with Gasteiger partial charge in [-0.05, 0) is 19.1 Å². The number of aryl methyl sites for hydroxylation is 1. The fourth-order valence-corrected chi connectivity index (χ4v) is 2.69. The quantitative estimate of drug-likeness (QED) is 0.406. The fourth-order valence-electron chi connectivity index (χ4n) is 2.22. The molecule has 0 aliphatic carbocycles. The third kappa shape index (κ3) is 5.45. The van der Waals surface area contributed by atoms with Crippen LogP contribution >= 0.6 is 0 Å². The molecule has 0 saturated carbocycles. The van der Waals surface area contributed by atoms with Crippen molar-refractivity contribution in [2.24, 2.45) is 14.1 Å². The van der Waals surface area contributed by atoms with E-state index in [1.807, 2.05) is 6.92 Å². The Bertz CT molecular complexity index is 875. The van der Waals surface area contributed by atoms with Crippen LogP contribution in [0.15, 0.2) is 29.2 Å². The van der Waals surface area contributed by atoms with E-state index in [1.54, 1.807) is 12.1 Å². The first-order chi connectivity index (χ1) is 12.0. The Labute approximate surface area is 151 Å². The predicted molar refractivity (Wildman–Crippen MR) is 80.5 cm³/mol. The monoisotopic (exact) mass is 418 g/mol. The van der Waals surface area contributed by atoms with Gasteiger partial charge in [0.1, 0.15) is 10.1 Å². The lowest BCUT2D eigenvalue weighted by molar-refractivity contribution is -0.696. The maximum Gasteiger partial charge on any atom is 0.457 e. The normalized spacial score (nSPS) is 12.6. The van der Waals surface area contributed by atoms with Crippen molar-refractivity contribution in [2.75, 3.05) is 0 Å². The second-order valence-electron chi connectivity index (χ2n) is 5.63. The third-order valence-electron chi connectivity index (χ3n) is 3.71. The molecular weight excluding hydrogens is 402 g/mol. The Hall–Kier alpha value is -2.08. The van der Waals surface area contributed by atoms with Crippen LogP contribution in [0, 0.1) is 13.8 Å². The van der Waals surface area contributed by atoms with Crippen LogP contribution in [0.4, 0.5) is 26.3 Å². The Kier molecular flexibility index (Phi) is 6.38. The van der Waals surface area contributed by atoms with Gasteiger partial charge in [-0.3, -0.25) is 0 Å². The molecule has 0 bridgehead atoms. The van der Waals surface area contributed by atoms with Crippen molar-refractivity contribution in [3.63, 3.8) is 0 Å². The van der Waals surface area contributed by atoms with Crippen LogP contribution in [0.2, 0.25) is 0 Å². The molecule has 0 aliphatic heterocycles. The molecule has 0 fully saturated rings. The second kappa shape index (κ2) is 7.50. The molecule has 0 aliphatic rings. The van der Waals surface area contributed by atoms with Crippen molar-refractivity contribution >= 4 is 10.1 Å². The highest BCUT2D eigenvalue weighted by Gasteiger charge is 2.54. The van der Waals surface area contributed by atoms with Crippen LogP contribution in [0.3, 0.4) is 0 Å². The summed E-state index contributed by atoms with van der Waals surface area (Å²) >= 11 is 0. The molecule has 0 unspecified atom stereocenters. The second-order valence-corrected chi connectivity index (χ2v) is 7.00. The van der Waals surface area contributed by atoms with E-state index in [0.29, 0.717) is 9.13 Å². The van der Waals surface area contributed by atoms with E-state index >= 15 is 0 Å². The largest absolute Gasteiger partial charge is 0.744 e. The SMILES string of the molecule is Cc1ccc(S(=O)(=O)[O-])cc1.Cc1n(C)c(C(F)(F)F)c(C(F)(F)F)[n+]1C. The average Bonchev–Trinajstić information content (AvgIpc) is 2.71. The van der Waals surface area contributed by atoms with Crippen molar-refractivity contribution in [1.82, 2.24) is 4.57 Å². The van der Waals surface area contributed by atoms with Gasteiger partial charge in [-0.2, -0.15) is 26.3 Å². The highest BCUT2D eigenvalue weighted by Crippen LogP contribution is 2.38. The fraction of sp³-hybridized carbons (Fsp3) is 0.400. The summed E-state index contributed by atoms with van der Waals surface area (Å²) in [7, 11) is -2.37. The molecule has 0 saturated heterocycles. The van der Waals surface area contributed by atoms with Crippen LogP contribution in [0.1, 0.15) is 22.8 Å². The summed E-state index contributed by atoms with van der Waals surface area (Å²) in [6, 6.07) is 5.78. The van der Waals surface area contributed by atoms with Gasteiger partial charge in [-0.25, -0.2) is 17.6 Å². The van der Waals surface area contributed by atoms with Crippen LogP contribution in [-0.4, -0.2) is 17.5 Å². The molecular formula is C15H16F6N2O3S. The van der Waals surface area contributed by atoms with E-state index in [1.165, 1.54) is 19.1 Å². The molecule has 5 nitrogen and oxygen atoms in total. The molecule has 1 aromatic carbocycles. The topological polar surface area (TPSA) is 66.0 Å². The molecule has 2 aromatic rings. The number of hydrogen-bond acceptors (Lipinski definition) is 3. The number of rotatable bonds is 1. The van der Waals surface area contributed by atoms with Crippen molar-refractivity contribution in [3.05, 3.63) is 47.0 Å². The van der Waals surface area contributed by atoms with Gasteiger partial charge in [0.25, 0.3) is 17.2 Å². The van der Waals surface area contributed by atoms with E-state index in [2.05, 4.69) is 0 Å². The summed E-state index contributed by atoms with van der Waals surface area (Å²) < 4.78 is 107. The molecule has 12 heteroatoms. The zero-order valence-electron chi connectivity index (χ0n) is 14.6. The molecule has 0 atom stereocenters. The summed E-state index contributed by atoms with van der Waals surface area (Å²) in [5, 5.41) is 0. The zero-order chi connectivity index (χ0) is 21.4. The summed E-state index contributed by atoms with van der Waals surface area (Å²) in [4.78, 5) is -0.178. The Balaban J connectivity index is 0.000000289. The van der Waals surface area contributed by atoms with Crippen molar-refractivity contribution < 1.29 is 43.9 Å². The number of hydrogen-bond donors (Lipinski definition) is 0. The maximum absolute atomic E-state index is 12.5. The lowest BCUT2D eigenvalue weighted by Gasteiger charge is -2.07. The lowest BCUT2D eigenvalue weighted by atomic mass is 10.2. The van der Waals surface area contributed by atoms with Crippen LogP contribution in [-0.2, 0) is 36.6 Å². The highest BCUT2D eigenvalue weighted by atomic mass is 32.2. The molecule has 1 heterocycles. The number of nitrogens with zero attached hydrogens (tertiary/aromatic N) is 2. The summed E-state index contributed by atoms with van der Waals surface area (Å²) in [5.74, 6) is -0.125. The van der Waals surface area contributed by atoms with Gasteiger partial charge in [0.05, 0.1) is 19.0 Å². The van der Waals surface area contributed by atoms with Gasteiger partial charge in [-0.1, -0.05) is 17.7 Å². The van der Waals surface area contributed by atoms with Gasteiger partial charge >= 0.3 is 12.4 Å². The molecule has 0 radical (unpaired) electrons. The number of imidazole rings is 1.